The number of hydrogen-bond acceptors (Lipinski definition) is 5. The Bertz CT molecular complexity index is 653. The van der Waals surface area contributed by atoms with E-state index in [0.29, 0.717) is 24.2 Å². The summed E-state index contributed by atoms with van der Waals surface area (Å²) in [6.07, 6.45) is 1.79. The number of rotatable bonds is 4. The Morgan fingerprint density at radius 3 is 2.64 bits per heavy atom. The summed E-state index contributed by atoms with van der Waals surface area (Å²) in [5.41, 5.74) is 0.144. The van der Waals surface area contributed by atoms with Crippen molar-refractivity contribution in [1.82, 2.24) is 15.2 Å². The normalized spacial score (nSPS) is 29.8. The molecule has 3 fully saturated rings. The number of nitrogens with one attached hydrogen (secondary N) is 2. The van der Waals surface area contributed by atoms with E-state index in [4.69, 9.17) is 0 Å². The second kappa shape index (κ2) is 5.19. The number of thioether (sulfide) groups is 1. The second-order valence-electron chi connectivity index (χ2n) is 6.30. The van der Waals surface area contributed by atoms with E-state index < -0.39 is 5.76 Å². The topological polar surface area (TPSA) is 95.4 Å². The number of aromatic nitrogens is 1. The highest BCUT2D eigenvalue weighted by Crippen LogP contribution is 2.46. The summed E-state index contributed by atoms with van der Waals surface area (Å²) in [5, 5.41) is 2.90. The lowest BCUT2D eigenvalue weighted by atomic mass is 10.1. The summed E-state index contributed by atoms with van der Waals surface area (Å²) < 4.78 is 4.56. The quantitative estimate of drug-likeness (QED) is 0.807. The van der Waals surface area contributed by atoms with Crippen LogP contribution in [0.4, 0.5) is 0 Å². The lowest BCUT2D eigenvalue weighted by Gasteiger charge is -2.27. The van der Waals surface area contributed by atoms with E-state index >= 15 is 0 Å². The zero-order chi connectivity index (χ0) is 15.3. The van der Waals surface area contributed by atoms with Gasteiger partial charge in [-0.2, -0.15) is 11.8 Å². The summed E-state index contributed by atoms with van der Waals surface area (Å²) in [6, 6.07) is 0.106. The largest absolute Gasteiger partial charge is 0.416 e. The molecule has 4 rings (SSSR count). The molecule has 0 spiro atoms. The van der Waals surface area contributed by atoms with Crippen LogP contribution in [0.2, 0.25) is 0 Å². The number of piperidine rings is 1. The van der Waals surface area contributed by atoms with Crippen LogP contribution in [0.25, 0.3) is 0 Å². The van der Waals surface area contributed by atoms with E-state index in [1.807, 2.05) is 16.7 Å². The number of aromatic amines is 1. The number of nitrogens with zero attached hydrogens (tertiary/aromatic N) is 1. The van der Waals surface area contributed by atoms with Crippen LogP contribution in [0.1, 0.15) is 16.9 Å². The van der Waals surface area contributed by atoms with Crippen molar-refractivity contribution in [2.24, 2.45) is 17.8 Å². The molecule has 1 aliphatic carbocycles. The predicted molar refractivity (Wildman–Crippen MR) is 79.6 cm³/mol. The van der Waals surface area contributed by atoms with Gasteiger partial charge in [-0.1, -0.05) is 0 Å². The molecule has 3 atom stereocenters. The number of amides is 2. The van der Waals surface area contributed by atoms with Crippen LogP contribution in [-0.4, -0.2) is 52.3 Å². The van der Waals surface area contributed by atoms with Gasteiger partial charge in [0.25, 0.3) is 5.91 Å². The van der Waals surface area contributed by atoms with Gasteiger partial charge in [0.2, 0.25) is 5.91 Å². The van der Waals surface area contributed by atoms with E-state index in [1.165, 1.54) is 0 Å². The molecule has 22 heavy (non-hydrogen) atoms. The molecule has 0 radical (unpaired) electrons. The molecule has 1 saturated carbocycles. The van der Waals surface area contributed by atoms with Crippen molar-refractivity contribution in [3.63, 3.8) is 0 Å². The Morgan fingerprint density at radius 2 is 2.09 bits per heavy atom. The molecule has 1 aromatic rings. The molecule has 7 nitrogen and oxygen atoms in total. The van der Waals surface area contributed by atoms with Gasteiger partial charge in [-0.05, 0) is 17.4 Å². The number of oxazole rings is 1. The molecule has 118 valence electrons. The highest BCUT2D eigenvalue weighted by atomic mass is 32.2. The zero-order valence-electron chi connectivity index (χ0n) is 11.9. The monoisotopic (exact) mass is 323 g/mol. The first-order valence-electron chi connectivity index (χ1n) is 7.46. The number of likely N-dealkylation sites (tertiary alicyclic amines) is 1. The number of carbonyl (C=O) groups is 2. The fourth-order valence-corrected chi connectivity index (χ4v) is 4.15. The highest BCUT2D eigenvalue weighted by molar-refractivity contribution is 8.00. The minimum Gasteiger partial charge on any atom is -0.416 e. The molecular formula is C14H17N3O4S. The molecule has 2 amide bonds. The fourth-order valence-electron chi connectivity index (χ4n) is 3.34. The lowest BCUT2D eigenvalue weighted by molar-refractivity contribution is -0.131. The third-order valence-corrected chi connectivity index (χ3v) is 6.19. The van der Waals surface area contributed by atoms with Crippen LogP contribution < -0.4 is 11.1 Å². The molecule has 1 unspecified atom stereocenters. The van der Waals surface area contributed by atoms with Crippen molar-refractivity contribution in [2.45, 2.75) is 12.5 Å². The minimum atomic E-state index is -0.632. The molecular weight excluding hydrogens is 306 g/mol. The maximum atomic E-state index is 12.1. The third-order valence-electron chi connectivity index (χ3n) is 4.78. The van der Waals surface area contributed by atoms with Gasteiger partial charge in [-0.3, -0.25) is 14.6 Å². The van der Waals surface area contributed by atoms with Crippen LogP contribution in [0, 0.1) is 17.8 Å². The summed E-state index contributed by atoms with van der Waals surface area (Å²) in [7, 11) is 0. The molecule has 3 heterocycles. The Kier molecular flexibility index (Phi) is 3.28. The first-order valence-corrected chi connectivity index (χ1v) is 8.61. The SMILES string of the molecule is O=C(NC1[C@H]2CN(C(=O)CC3CSC3)C[C@@H]12)c1coc(=O)[nH]1. The Labute approximate surface area is 130 Å². The predicted octanol–water partition coefficient (Wildman–Crippen LogP) is -0.0924. The van der Waals surface area contributed by atoms with Gasteiger partial charge < -0.3 is 14.6 Å². The maximum Gasteiger partial charge on any atom is 0.416 e. The minimum absolute atomic E-state index is 0.106. The first kappa shape index (κ1) is 13.9. The van der Waals surface area contributed by atoms with Gasteiger partial charge in [-0.15, -0.1) is 0 Å². The van der Waals surface area contributed by atoms with E-state index in [2.05, 4.69) is 14.7 Å². The van der Waals surface area contributed by atoms with E-state index in [9.17, 15) is 14.4 Å². The van der Waals surface area contributed by atoms with Crippen molar-refractivity contribution in [2.75, 3.05) is 24.6 Å². The van der Waals surface area contributed by atoms with Gasteiger partial charge in [-0.25, -0.2) is 4.79 Å². The van der Waals surface area contributed by atoms with E-state index in [1.54, 1.807) is 0 Å². The van der Waals surface area contributed by atoms with Crippen LogP contribution in [0.15, 0.2) is 15.5 Å². The summed E-state index contributed by atoms with van der Waals surface area (Å²) in [6.45, 7) is 1.46. The molecule has 2 saturated heterocycles. The van der Waals surface area contributed by atoms with Crippen molar-refractivity contribution >= 4 is 23.6 Å². The van der Waals surface area contributed by atoms with Crippen LogP contribution >= 0.6 is 11.8 Å². The van der Waals surface area contributed by atoms with Crippen molar-refractivity contribution in [3.8, 4) is 0 Å². The highest BCUT2D eigenvalue weighted by Gasteiger charge is 2.57. The molecule has 2 N–H and O–H groups in total. The number of H-pyrrole nitrogens is 1. The van der Waals surface area contributed by atoms with E-state index in [-0.39, 0.29) is 23.6 Å². The first-order chi connectivity index (χ1) is 10.6. The number of fused-ring (bicyclic) bond motifs is 1. The van der Waals surface area contributed by atoms with Crippen LogP contribution in [0.5, 0.6) is 0 Å². The standard InChI is InChI=1S/C14H17N3O4S/c18-11(1-7-5-22-6-7)17-2-8-9(3-17)12(8)16-13(19)10-4-21-14(20)15-10/h4,7-9,12H,1-3,5-6H2,(H,15,20)(H,16,19)/t8-,9+,12?. The summed E-state index contributed by atoms with van der Waals surface area (Å²) >= 11 is 1.89. The van der Waals surface area contributed by atoms with Gasteiger partial charge in [0.05, 0.1) is 0 Å². The van der Waals surface area contributed by atoms with Crippen molar-refractivity contribution < 1.29 is 14.0 Å². The maximum absolute atomic E-state index is 12.1. The Morgan fingerprint density at radius 1 is 1.36 bits per heavy atom. The molecule has 3 aliphatic rings. The average Bonchev–Trinajstić information content (AvgIpc) is 2.86. The molecule has 0 bridgehead atoms. The Hall–Kier alpha value is -1.70. The van der Waals surface area contributed by atoms with Gasteiger partial charge in [0.1, 0.15) is 12.0 Å². The molecule has 8 heteroatoms. The molecule has 2 aliphatic heterocycles. The van der Waals surface area contributed by atoms with Gasteiger partial charge in [0.15, 0.2) is 0 Å². The van der Waals surface area contributed by atoms with Gasteiger partial charge >= 0.3 is 5.76 Å². The second-order valence-corrected chi connectivity index (χ2v) is 7.37. The number of hydrogen-bond donors (Lipinski definition) is 2. The average molecular weight is 323 g/mol. The van der Waals surface area contributed by atoms with Crippen molar-refractivity contribution in [3.05, 3.63) is 22.5 Å². The smallest absolute Gasteiger partial charge is 0.416 e. The summed E-state index contributed by atoms with van der Waals surface area (Å²) in [5.74, 6) is 2.76. The fraction of sp³-hybridized carbons (Fsp3) is 0.643. The molecule has 0 aromatic carbocycles. The van der Waals surface area contributed by atoms with Crippen LogP contribution in [0.3, 0.4) is 0 Å². The Balaban J connectivity index is 1.26. The summed E-state index contributed by atoms with van der Waals surface area (Å²) in [4.78, 5) is 39.2. The lowest BCUT2D eigenvalue weighted by Crippen LogP contribution is -2.39. The zero-order valence-corrected chi connectivity index (χ0v) is 12.7. The third kappa shape index (κ3) is 2.45. The van der Waals surface area contributed by atoms with Gasteiger partial charge in [0, 0.05) is 37.4 Å². The van der Waals surface area contributed by atoms with Crippen LogP contribution in [-0.2, 0) is 4.79 Å². The van der Waals surface area contributed by atoms with Crippen molar-refractivity contribution in [1.29, 1.82) is 0 Å². The molecule has 1 aromatic heterocycles. The van der Waals surface area contributed by atoms with E-state index in [0.717, 1.165) is 30.9 Å². The number of carbonyl (C=O) groups excluding carboxylic acids is 2.